The summed E-state index contributed by atoms with van der Waals surface area (Å²) in [6.45, 7) is 6.48. The number of nitrogens with one attached hydrogen (secondary N) is 1. The molecule has 0 spiro atoms. The van der Waals surface area contributed by atoms with E-state index in [0.29, 0.717) is 12.4 Å². The highest BCUT2D eigenvalue weighted by molar-refractivity contribution is 5.81. The summed E-state index contributed by atoms with van der Waals surface area (Å²) in [7, 11) is 0. The highest BCUT2D eigenvalue weighted by atomic mass is 19.1. The number of hydrogen-bond donors (Lipinski definition) is 1. The van der Waals surface area contributed by atoms with Crippen molar-refractivity contribution in [2.24, 2.45) is 0 Å². The first-order valence-corrected chi connectivity index (χ1v) is 5.69. The lowest BCUT2D eigenvalue weighted by molar-refractivity contribution is -0.120. The Kier molecular flexibility index (Phi) is 4.87. The van der Waals surface area contributed by atoms with Crippen molar-refractivity contribution in [2.75, 3.05) is 18.0 Å². The average Bonchev–Trinajstić information content (AvgIpc) is 2.24. The molecular formula is C12H18FN3O. The summed E-state index contributed by atoms with van der Waals surface area (Å²) in [6.07, 6.45) is 0. The predicted octanol–water partition coefficient (Wildman–Crippen LogP) is 1.57. The molecule has 1 amide bonds. The number of carbonyl (C=O) groups is 1. The molecule has 0 aromatic carbocycles. The lowest BCUT2D eigenvalue weighted by Gasteiger charge is -2.21. The van der Waals surface area contributed by atoms with E-state index in [2.05, 4.69) is 10.3 Å². The minimum atomic E-state index is -0.537. The third kappa shape index (κ3) is 4.38. The van der Waals surface area contributed by atoms with Crippen LogP contribution in [-0.4, -0.2) is 30.0 Å². The number of hydrogen-bond acceptors (Lipinski definition) is 3. The molecule has 1 aromatic heterocycles. The van der Waals surface area contributed by atoms with Crippen LogP contribution in [0.3, 0.4) is 0 Å². The maximum absolute atomic E-state index is 13.0. The summed E-state index contributed by atoms with van der Waals surface area (Å²) in [5.41, 5.74) is 0. The number of amides is 1. The summed E-state index contributed by atoms with van der Waals surface area (Å²) in [6, 6.07) is 4.66. The number of pyridine rings is 1. The standard InChI is InChI=1S/C12H18FN3O/c1-4-16(8-12(17)14-9(2)3)11-7-5-6-10(13)15-11/h5-7,9H,4,8H2,1-3H3,(H,14,17). The molecule has 0 aliphatic heterocycles. The molecule has 0 bridgehead atoms. The number of carbonyl (C=O) groups excluding carboxylic acids is 1. The second-order valence-electron chi connectivity index (χ2n) is 4.05. The average molecular weight is 239 g/mol. The highest BCUT2D eigenvalue weighted by Crippen LogP contribution is 2.10. The van der Waals surface area contributed by atoms with E-state index in [1.165, 1.54) is 6.07 Å². The topological polar surface area (TPSA) is 45.2 Å². The van der Waals surface area contributed by atoms with Crippen LogP contribution >= 0.6 is 0 Å². The maximum Gasteiger partial charge on any atom is 0.239 e. The lowest BCUT2D eigenvalue weighted by atomic mass is 10.3. The quantitative estimate of drug-likeness (QED) is 0.793. The summed E-state index contributed by atoms with van der Waals surface area (Å²) >= 11 is 0. The summed E-state index contributed by atoms with van der Waals surface area (Å²) < 4.78 is 13.0. The number of aromatic nitrogens is 1. The maximum atomic E-state index is 13.0. The van der Waals surface area contributed by atoms with E-state index in [9.17, 15) is 9.18 Å². The Hall–Kier alpha value is -1.65. The molecule has 94 valence electrons. The van der Waals surface area contributed by atoms with Gasteiger partial charge in [-0.3, -0.25) is 4.79 Å². The molecule has 0 aliphatic carbocycles. The number of halogens is 1. The van der Waals surface area contributed by atoms with Gasteiger partial charge < -0.3 is 10.2 Å². The van der Waals surface area contributed by atoms with Crippen molar-refractivity contribution in [1.82, 2.24) is 10.3 Å². The predicted molar refractivity (Wildman–Crippen MR) is 65.4 cm³/mol. The van der Waals surface area contributed by atoms with E-state index in [-0.39, 0.29) is 18.5 Å². The third-order valence-electron chi connectivity index (χ3n) is 2.19. The first-order chi connectivity index (χ1) is 8.02. The van der Waals surface area contributed by atoms with Gasteiger partial charge in [-0.15, -0.1) is 0 Å². The zero-order valence-corrected chi connectivity index (χ0v) is 10.4. The SMILES string of the molecule is CCN(CC(=O)NC(C)C)c1cccc(F)n1. The van der Waals surface area contributed by atoms with E-state index < -0.39 is 5.95 Å². The van der Waals surface area contributed by atoms with Crippen molar-refractivity contribution in [3.8, 4) is 0 Å². The van der Waals surface area contributed by atoms with Crippen LogP contribution in [0, 0.1) is 5.95 Å². The van der Waals surface area contributed by atoms with Crippen molar-refractivity contribution >= 4 is 11.7 Å². The molecule has 0 aliphatic rings. The fourth-order valence-corrected chi connectivity index (χ4v) is 1.47. The molecule has 5 heteroatoms. The van der Waals surface area contributed by atoms with Crippen LogP contribution in [-0.2, 0) is 4.79 Å². The van der Waals surface area contributed by atoms with E-state index in [1.54, 1.807) is 17.0 Å². The van der Waals surface area contributed by atoms with Crippen LogP contribution in [0.1, 0.15) is 20.8 Å². The summed E-state index contributed by atoms with van der Waals surface area (Å²) in [5, 5.41) is 2.79. The van der Waals surface area contributed by atoms with Crippen LogP contribution in [0.4, 0.5) is 10.2 Å². The summed E-state index contributed by atoms with van der Waals surface area (Å²) in [4.78, 5) is 17.1. The number of anilines is 1. The second kappa shape index (κ2) is 6.18. The van der Waals surface area contributed by atoms with Crippen molar-refractivity contribution in [2.45, 2.75) is 26.8 Å². The number of nitrogens with zero attached hydrogens (tertiary/aromatic N) is 2. The van der Waals surface area contributed by atoms with Gasteiger partial charge in [-0.25, -0.2) is 4.98 Å². The molecular weight excluding hydrogens is 221 g/mol. The van der Waals surface area contributed by atoms with E-state index in [0.717, 1.165) is 0 Å². The Morgan fingerprint density at radius 2 is 2.24 bits per heavy atom. The number of likely N-dealkylation sites (N-methyl/N-ethyl adjacent to an activating group) is 1. The van der Waals surface area contributed by atoms with E-state index in [1.807, 2.05) is 20.8 Å². The summed E-state index contributed by atoms with van der Waals surface area (Å²) in [5.74, 6) is -0.149. The minimum Gasteiger partial charge on any atom is -0.352 e. The van der Waals surface area contributed by atoms with Crippen LogP contribution < -0.4 is 10.2 Å². The van der Waals surface area contributed by atoms with Gasteiger partial charge in [0.1, 0.15) is 5.82 Å². The van der Waals surface area contributed by atoms with Gasteiger partial charge in [0, 0.05) is 12.6 Å². The van der Waals surface area contributed by atoms with Crippen molar-refractivity contribution in [3.05, 3.63) is 24.1 Å². The normalized spacial score (nSPS) is 10.4. The molecule has 4 nitrogen and oxygen atoms in total. The Morgan fingerprint density at radius 1 is 1.53 bits per heavy atom. The van der Waals surface area contributed by atoms with Gasteiger partial charge in [0.05, 0.1) is 6.54 Å². The molecule has 1 N–H and O–H groups in total. The molecule has 0 atom stereocenters. The third-order valence-corrected chi connectivity index (χ3v) is 2.19. The Labute approximate surface area is 101 Å². The lowest BCUT2D eigenvalue weighted by Crippen LogP contribution is -2.40. The van der Waals surface area contributed by atoms with Crippen LogP contribution in [0.2, 0.25) is 0 Å². The molecule has 0 unspecified atom stereocenters. The molecule has 0 radical (unpaired) electrons. The van der Waals surface area contributed by atoms with Gasteiger partial charge in [-0.1, -0.05) is 6.07 Å². The molecule has 0 fully saturated rings. The van der Waals surface area contributed by atoms with Gasteiger partial charge in [-0.05, 0) is 32.9 Å². The van der Waals surface area contributed by atoms with E-state index in [4.69, 9.17) is 0 Å². The van der Waals surface area contributed by atoms with Crippen LogP contribution in [0.25, 0.3) is 0 Å². The largest absolute Gasteiger partial charge is 0.352 e. The smallest absolute Gasteiger partial charge is 0.239 e. The Morgan fingerprint density at radius 3 is 2.76 bits per heavy atom. The molecule has 0 saturated heterocycles. The van der Waals surface area contributed by atoms with Gasteiger partial charge in [0.2, 0.25) is 11.9 Å². The fourth-order valence-electron chi connectivity index (χ4n) is 1.47. The number of rotatable bonds is 5. The first-order valence-electron chi connectivity index (χ1n) is 5.69. The molecule has 1 rings (SSSR count). The highest BCUT2D eigenvalue weighted by Gasteiger charge is 2.12. The minimum absolute atomic E-state index is 0.0899. The van der Waals surface area contributed by atoms with Crippen molar-refractivity contribution in [3.63, 3.8) is 0 Å². The van der Waals surface area contributed by atoms with Crippen LogP contribution in [0.5, 0.6) is 0 Å². The zero-order chi connectivity index (χ0) is 12.8. The van der Waals surface area contributed by atoms with Gasteiger partial charge in [-0.2, -0.15) is 4.39 Å². The molecule has 17 heavy (non-hydrogen) atoms. The van der Waals surface area contributed by atoms with E-state index >= 15 is 0 Å². The van der Waals surface area contributed by atoms with Gasteiger partial charge in [0.15, 0.2) is 0 Å². The second-order valence-corrected chi connectivity index (χ2v) is 4.05. The van der Waals surface area contributed by atoms with Gasteiger partial charge >= 0.3 is 0 Å². The first kappa shape index (κ1) is 13.4. The van der Waals surface area contributed by atoms with Crippen molar-refractivity contribution < 1.29 is 9.18 Å². The van der Waals surface area contributed by atoms with Gasteiger partial charge in [0.25, 0.3) is 0 Å². The molecule has 0 saturated carbocycles. The Balaban J connectivity index is 2.69. The molecule has 1 heterocycles. The fraction of sp³-hybridized carbons (Fsp3) is 0.500. The molecule has 1 aromatic rings. The van der Waals surface area contributed by atoms with Crippen LogP contribution in [0.15, 0.2) is 18.2 Å². The zero-order valence-electron chi connectivity index (χ0n) is 10.4. The monoisotopic (exact) mass is 239 g/mol. The Bertz CT molecular complexity index is 382. The van der Waals surface area contributed by atoms with Crippen molar-refractivity contribution in [1.29, 1.82) is 0 Å².